The molecule has 9 nitrogen and oxygen atoms in total. The van der Waals surface area contributed by atoms with Gasteiger partial charge in [0.15, 0.2) is 5.69 Å². The predicted molar refractivity (Wildman–Crippen MR) is 102 cm³/mol. The van der Waals surface area contributed by atoms with Crippen molar-refractivity contribution >= 4 is 28.4 Å². The first kappa shape index (κ1) is 18.6. The van der Waals surface area contributed by atoms with Crippen LogP contribution in [0.25, 0.3) is 0 Å². The highest BCUT2D eigenvalue weighted by Crippen LogP contribution is 2.36. The SMILES string of the molecule is C[C@H]1CN(c2ccc(Nc3c([N+](=O)[O-])cccc3[N+](=O)[O-])cc2)C[C@H](C)O1. The molecule has 1 fully saturated rings. The first-order valence-electron chi connectivity index (χ1n) is 8.54. The van der Waals surface area contributed by atoms with Crippen LogP contribution in [0.5, 0.6) is 0 Å². The summed E-state index contributed by atoms with van der Waals surface area (Å²) >= 11 is 0. The zero-order chi connectivity index (χ0) is 19.6. The van der Waals surface area contributed by atoms with E-state index in [9.17, 15) is 20.2 Å². The van der Waals surface area contributed by atoms with Gasteiger partial charge in [-0.25, -0.2) is 0 Å². The molecule has 0 spiro atoms. The molecule has 1 aliphatic rings. The van der Waals surface area contributed by atoms with E-state index in [1.807, 2.05) is 26.0 Å². The van der Waals surface area contributed by atoms with Gasteiger partial charge in [0.2, 0.25) is 0 Å². The highest BCUT2D eigenvalue weighted by molar-refractivity contribution is 5.79. The van der Waals surface area contributed by atoms with E-state index in [1.54, 1.807) is 12.1 Å². The van der Waals surface area contributed by atoms with Gasteiger partial charge in [-0.2, -0.15) is 0 Å². The topological polar surface area (TPSA) is 111 Å². The van der Waals surface area contributed by atoms with E-state index in [4.69, 9.17) is 4.74 Å². The van der Waals surface area contributed by atoms with Gasteiger partial charge in [0.1, 0.15) is 0 Å². The van der Waals surface area contributed by atoms with Crippen LogP contribution in [0.1, 0.15) is 13.8 Å². The van der Waals surface area contributed by atoms with Gasteiger partial charge in [-0.05, 0) is 44.2 Å². The fourth-order valence-corrected chi connectivity index (χ4v) is 3.25. The second-order valence-electron chi connectivity index (χ2n) is 6.52. The van der Waals surface area contributed by atoms with Gasteiger partial charge < -0.3 is 15.0 Å². The predicted octanol–water partition coefficient (Wildman–Crippen LogP) is 3.86. The van der Waals surface area contributed by atoms with Crippen LogP contribution in [0.4, 0.5) is 28.4 Å². The van der Waals surface area contributed by atoms with Crippen LogP contribution < -0.4 is 10.2 Å². The Morgan fingerprint density at radius 3 is 1.96 bits per heavy atom. The van der Waals surface area contributed by atoms with Gasteiger partial charge in [-0.15, -0.1) is 0 Å². The zero-order valence-electron chi connectivity index (χ0n) is 15.0. The molecule has 0 saturated carbocycles. The van der Waals surface area contributed by atoms with Crippen LogP contribution >= 0.6 is 0 Å². The average Bonchev–Trinajstić information content (AvgIpc) is 2.61. The van der Waals surface area contributed by atoms with Crippen molar-refractivity contribution in [1.82, 2.24) is 0 Å². The van der Waals surface area contributed by atoms with Gasteiger partial charge in [-0.1, -0.05) is 0 Å². The summed E-state index contributed by atoms with van der Waals surface area (Å²) in [5.41, 5.74) is 0.715. The van der Waals surface area contributed by atoms with Crippen molar-refractivity contribution < 1.29 is 14.6 Å². The maximum absolute atomic E-state index is 11.2. The monoisotopic (exact) mass is 372 g/mol. The lowest BCUT2D eigenvalue weighted by Gasteiger charge is -2.36. The molecule has 142 valence electrons. The molecule has 0 unspecified atom stereocenters. The number of nitro benzene ring substituents is 2. The van der Waals surface area contributed by atoms with Crippen LogP contribution in [0.3, 0.4) is 0 Å². The molecular weight excluding hydrogens is 352 g/mol. The highest BCUT2D eigenvalue weighted by atomic mass is 16.6. The molecule has 0 aromatic heterocycles. The summed E-state index contributed by atoms with van der Waals surface area (Å²) in [6.45, 7) is 5.58. The molecule has 0 radical (unpaired) electrons. The fourth-order valence-electron chi connectivity index (χ4n) is 3.25. The quantitative estimate of drug-likeness (QED) is 0.626. The molecule has 2 aromatic carbocycles. The van der Waals surface area contributed by atoms with Crippen LogP contribution in [-0.2, 0) is 4.74 Å². The Morgan fingerprint density at radius 2 is 1.48 bits per heavy atom. The van der Waals surface area contributed by atoms with E-state index in [-0.39, 0.29) is 29.3 Å². The lowest BCUT2D eigenvalue weighted by atomic mass is 10.1. The number of rotatable bonds is 5. The first-order valence-corrected chi connectivity index (χ1v) is 8.54. The third-order valence-corrected chi connectivity index (χ3v) is 4.34. The van der Waals surface area contributed by atoms with E-state index in [0.717, 1.165) is 18.8 Å². The summed E-state index contributed by atoms with van der Waals surface area (Å²) in [5, 5.41) is 25.3. The molecule has 0 bridgehead atoms. The van der Waals surface area contributed by atoms with Crippen molar-refractivity contribution in [3.63, 3.8) is 0 Å². The Hall–Kier alpha value is -3.20. The van der Waals surface area contributed by atoms with Crippen molar-refractivity contribution in [3.05, 3.63) is 62.7 Å². The van der Waals surface area contributed by atoms with E-state index < -0.39 is 9.85 Å². The van der Waals surface area contributed by atoms with E-state index in [1.165, 1.54) is 18.2 Å². The molecule has 1 heterocycles. The highest BCUT2D eigenvalue weighted by Gasteiger charge is 2.25. The largest absolute Gasteiger partial charge is 0.372 e. The number of anilines is 3. The summed E-state index contributed by atoms with van der Waals surface area (Å²) in [6, 6.07) is 11.0. The minimum Gasteiger partial charge on any atom is -0.372 e. The van der Waals surface area contributed by atoms with Crippen LogP contribution in [0.15, 0.2) is 42.5 Å². The molecule has 3 rings (SSSR count). The Morgan fingerprint density at radius 1 is 0.963 bits per heavy atom. The third kappa shape index (κ3) is 4.14. The maximum Gasteiger partial charge on any atom is 0.299 e. The number of morpholine rings is 1. The zero-order valence-corrected chi connectivity index (χ0v) is 15.0. The van der Waals surface area contributed by atoms with Gasteiger partial charge in [-0.3, -0.25) is 20.2 Å². The molecule has 2 atom stereocenters. The number of hydrogen-bond donors (Lipinski definition) is 1. The van der Waals surface area contributed by atoms with E-state index >= 15 is 0 Å². The molecule has 1 N–H and O–H groups in total. The lowest BCUT2D eigenvalue weighted by Crippen LogP contribution is -2.45. The maximum atomic E-state index is 11.2. The third-order valence-electron chi connectivity index (χ3n) is 4.34. The molecule has 0 aliphatic carbocycles. The fraction of sp³-hybridized carbons (Fsp3) is 0.333. The Bertz CT molecular complexity index is 813. The summed E-state index contributed by atoms with van der Waals surface area (Å²) < 4.78 is 5.73. The van der Waals surface area contributed by atoms with Crippen molar-refractivity contribution in [2.75, 3.05) is 23.3 Å². The van der Waals surface area contributed by atoms with Crippen molar-refractivity contribution in [2.45, 2.75) is 26.1 Å². The summed E-state index contributed by atoms with van der Waals surface area (Å²) in [5.74, 6) is 0. The number of nitrogens with one attached hydrogen (secondary N) is 1. The number of hydrogen-bond acceptors (Lipinski definition) is 7. The van der Waals surface area contributed by atoms with Crippen molar-refractivity contribution in [1.29, 1.82) is 0 Å². The molecule has 2 aromatic rings. The minimum absolute atomic E-state index is 0.126. The molecule has 27 heavy (non-hydrogen) atoms. The number of nitro groups is 2. The van der Waals surface area contributed by atoms with Crippen molar-refractivity contribution in [2.24, 2.45) is 0 Å². The number of para-hydroxylation sites is 1. The van der Waals surface area contributed by atoms with E-state index in [0.29, 0.717) is 5.69 Å². The van der Waals surface area contributed by atoms with Gasteiger partial charge in [0, 0.05) is 36.6 Å². The molecule has 0 amide bonds. The van der Waals surface area contributed by atoms with Gasteiger partial charge >= 0.3 is 0 Å². The number of nitrogens with zero attached hydrogens (tertiary/aromatic N) is 3. The number of benzene rings is 2. The Balaban J connectivity index is 1.85. The first-order chi connectivity index (χ1) is 12.8. The number of ether oxygens (including phenoxy) is 1. The Labute approximate surface area is 155 Å². The lowest BCUT2D eigenvalue weighted by molar-refractivity contribution is -0.392. The smallest absolute Gasteiger partial charge is 0.299 e. The molecular formula is C18H20N4O5. The van der Waals surface area contributed by atoms with Crippen LogP contribution in [0.2, 0.25) is 0 Å². The summed E-state index contributed by atoms with van der Waals surface area (Å²) in [7, 11) is 0. The summed E-state index contributed by atoms with van der Waals surface area (Å²) in [4.78, 5) is 23.4. The van der Waals surface area contributed by atoms with Crippen molar-refractivity contribution in [3.8, 4) is 0 Å². The second kappa shape index (κ2) is 7.58. The molecule has 1 aliphatic heterocycles. The standard InChI is InChI=1S/C18H20N4O5/c1-12-10-20(11-13(2)27-12)15-8-6-14(7-9-15)19-18-16(21(23)24)4-3-5-17(18)22(25)26/h3-9,12-13,19H,10-11H2,1-2H3/t12-,13-/m0/s1. The summed E-state index contributed by atoms with van der Waals surface area (Å²) in [6.07, 6.45) is 0.252. The molecule has 1 saturated heterocycles. The minimum atomic E-state index is -0.639. The van der Waals surface area contributed by atoms with Gasteiger partial charge in [0.05, 0.1) is 22.1 Å². The normalized spacial score (nSPS) is 19.6. The Kier molecular flexibility index (Phi) is 5.22. The second-order valence-corrected chi connectivity index (χ2v) is 6.52. The van der Waals surface area contributed by atoms with Crippen LogP contribution in [0, 0.1) is 20.2 Å². The molecule has 9 heteroatoms. The van der Waals surface area contributed by atoms with Gasteiger partial charge in [0.25, 0.3) is 11.4 Å². The average molecular weight is 372 g/mol. The van der Waals surface area contributed by atoms with Crippen LogP contribution in [-0.4, -0.2) is 35.1 Å². The van der Waals surface area contributed by atoms with E-state index in [2.05, 4.69) is 10.2 Å².